The zero-order chi connectivity index (χ0) is 17.7. The van der Waals surface area contributed by atoms with Crippen molar-refractivity contribution < 1.29 is 28.8 Å². The van der Waals surface area contributed by atoms with E-state index >= 15 is 0 Å². The van der Waals surface area contributed by atoms with E-state index in [0.717, 1.165) is 22.6 Å². The molecule has 0 aromatic heterocycles. The second-order valence-electron chi connectivity index (χ2n) is 6.88. The van der Waals surface area contributed by atoms with Crippen LogP contribution in [0.5, 0.6) is 23.0 Å². The molecule has 3 aliphatic rings. The summed E-state index contributed by atoms with van der Waals surface area (Å²) in [7, 11) is 1.55. The summed E-state index contributed by atoms with van der Waals surface area (Å²) in [4.78, 5) is 0. The number of rotatable bonds is 3. The summed E-state index contributed by atoms with van der Waals surface area (Å²) in [6.45, 7) is 1.54. The lowest BCUT2D eigenvalue weighted by molar-refractivity contribution is 0.0191. The lowest BCUT2D eigenvalue weighted by Gasteiger charge is -2.17. The summed E-state index contributed by atoms with van der Waals surface area (Å²) in [5.74, 6) is 2.68. The van der Waals surface area contributed by atoms with Crippen molar-refractivity contribution in [2.75, 3.05) is 27.1 Å². The summed E-state index contributed by atoms with van der Waals surface area (Å²) in [5.41, 5.74) is 2.09. The monoisotopic (exact) mass is 356 g/mol. The van der Waals surface area contributed by atoms with Crippen molar-refractivity contribution in [1.29, 1.82) is 0 Å². The van der Waals surface area contributed by atoms with E-state index < -0.39 is 0 Å². The van der Waals surface area contributed by atoms with Gasteiger partial charge in [-0.25, -0.2) is 0 Å². The van der Waals surface area contributed by atoms with Gasteiger partial charge in [-0.2, -0.15) is 0 Å². The molecule has 2 aromatic carbocycles. The Bertz CT molecular complexity index is 810. The molecule has 0 unspecified atom stereocenters. The Labute approximate surface area is 151 Å². The van der Waals surface area contributed by atoms with E-state index in [2.05, 4.69) is 0 Å². The van der Waals surface area contributed by atoms with E-state index in [0.29, 0.717) is 19.0 Å². The van der Waals surface area contributed by atoms with E-state index in [9.17, 15) is 5.11 Å². The molecule has 0 aliphatic carbocycles. The molecule has 0 bridgehead atoms. The number of phenolic OH excluding ortho intramolecular Hbond substituents is 1. The van der Waals surface area contributed by atoms with Crippen molar-refractivity contribution in [3.8, 4) is 23.0 Å². The van der Waals surface area contributed by atoms with Gasteiger partial charge in [-0.3, -0.25) is 0 Å². The fourth-order valence-corrected chi connectivity index (χ4v) is 4.20. The number of fused-ring (bicyclic) bond motifs is 2. The maximum absolute atomic E-state index is 9.82. The maximum atomic E-state index is 9.82. The van der Waals surface area contributed by atoms with E-state index in [4.69, 9.17) is 23.7 Å². The van der Waals surface area contributed by atoms with Crippen LogP contribution in [0.3, 0.4) is 0 Å². The molecule has 0 saturated carbocycles. The number of benzene rings is 2. The van der Waals surface area contributed by atoms with Gasteiger partial charge in [0.25, 0.3) is 0 Å². The van der Waals surface area contributed by atoms with E-state index in [-0.39, 0.29) is 36.6 Å². The van der Waals surface area contributed by atoms with Gasteiger partial charge in [-0.1, -0.05) is 12.1 Å². The molecule has 0 spiro atoms. The molecule has 2 saturated heterocycles. The van der Waals surface area contributed by atoms with Gasteiger partial charge in [0, 0.05) is 11.8 Å². The highest BCUT2D eigenvalue weighted by Gasteiger charge is 2.48. The van der Waals surface area contributed by atoms with Crippen LogP contribution in [0.4, 0.5) is 0 Å². The topological polar surface area (TPSA) is 66.4 Å². The zero-order valence-electron chi connectivity index (χ0n) is 14.4. The smallest absolute Gasteiger partial charge is 0.231 e. The Morgan fingerprint density at radius 2 is 1.54 bits per heavy atom. The van der Waals surface area contributed by atoms with Crippen LogP contribution in [-0.4, -0.2) is 32.2 Å². The second-order valence-corrected chi connectivity index (χ2v) is 6.88. The molecule has 3 aliphatic heterocycles. The van der Waals surface area contributed by atoms with Gasteiger partial charge in [-0.05, 0) is 35.4 Å². The van der Waals surface area contributed by atoms with Crippen molar-refractivity contribution in [3.05, 3.63) is 47.5 Å². The van der Waals surface area contributed by atoms with Crippen molar-refractivity contribution in [3.63, 3.8) is 0 Å². The second kappa shape index (κ2) is 6.07. The van der Waals surface area contributed by atoms with Crippen molar-refractivity contribution in [1.82, 2.24) is 0 Å². The quantitative estimate of drug-likeness (QED) is 0.911. The zero-order valence-corrected chi connectivity index (χ0v) is 14.4. The van der Waals surface area contributed by atoms with Crippen LogP contribution in [0.1, 0.15) is 23.3 Å². The van der Waals surface area contributed by atoms with Crippen LogP contribution < -0.4 is 14.2 Å². The minimum Gasteiger partial charge on any atom is -0.504 e. The predicted molar refractivity (Wildman–Crippen MR) is 91.6 cm³/mol. The predicted octanol–water partition coefficient (Wildman–Crippen LogP) is 3.20. The summed E-state index contributed by atoms with van der Waals surface area (Å²) in [6, 6.07) is 11.4. The maximum Gasteiger partial charge on any atom is 0.231 e. The summed E-state index contributed by atoms with van der Waals surface area (Å²) in [5, 5.41) is 9.82. The Hall–Kier alpha value is -2.44. The first-order valence-electron chi connectivity index (χ1n) is 8.74. The Morgan fingerprint density at radius 3 is 2.27 bits per heavy atom. The third-order valence-electron chi connectivity index (χ3n) is 5.52. The summed E-state index contributed by atoms with van der Waals surface area (Å²) in [6.07, 6.45) is -0.0768. The van der Waals surface area contributed by atoms with Crippen molar-refractivity contribution >= 4 is 0 Å². The molecular weight excluding hydrogens is 336 g/mol. The molecule has 3 heterocycles. The Kier molecular flexibility index (Phi) is 3.69. The first-order valence-corrected chi connectivity index (χ1v) is 8.74. The van der Waals surface area contributed by atoms with E-state index in [1.165, 1.54) is 0 Å². The van der Waals surface area contributed by atoms with E-state index in [1.807, 2.05) is 30.3 Å². The van der Waals surface area contributed by atoms with Gasteiger partial charge >= 0.3 is 0 Å². The average Bonchev–Trinajstić information content (AvgIpc) is 3.37. The minimum absolute atomic E-state index is 0.0153. The highest BCUT2D eigenvalue weighted by molar-refractivity contribution is 5.46. The third-order valence-corrected chi connectivity index (χ3v) is 5.52. The molecule has 136 valence electrons. The number of methoxy groups -OCH3 is 1. The Morgan fingerprint density at radius 1 is 0.885 bits per heavy atom. The van der Waals surface area contributed by atoms with Crippen molar-refractivity contribution in [2.45, 2.75) is 12.2 Å². The fourth-order valence-electron chi connectivity index (χ4n) is 4.20. The third kappa shape index (κ3) is 2.40. The molecule has 5 rings (SSSR count). The number of ether oxygens (including phenoxy) is 5. The minimum atomic E-state index is -0.0616. The highest BCUT2D eigenvalue weighted by Crippen LogP contribution is 2.51. The van der Waals surface area contributed by atoms with Crippen molar-refractivity contribution in [2.24, 2.45) is 11.8 Å². The summed E-state index contributed by atoms with van der Waals surface area (Å²) >= 11 is 0. The number of aromatic hydroxyl groups is 1. The first-order chi connectivity index (χ1) is 12.7. The van der Waals surface area contributed by atoms with Gasteiger partial charge in [0.1, 0.15) is 0 Å². The molecule has 2 aromatic rings. The first kappa shape index (κ1) is 15.8. The van der Waals surface area contributed by atoms with Crippen LogP contribution in [0.2, 0.25) is 0 Å². The van der Waals surface area contributed by atoms with Crippen LogP contribution in [-0.2, 0) is 9.47 Å². The lowest BCUT2D eigenvalue weighted by Crippen LogP contribution is -2.14. The molecular formula is C20H20O6. The molecule has 1 N–H and O–H groups in total. The number of phenols is 1. The molecule has 2 fully saturated rings. The molecule has 0 amide bonds. The molecule has 4 atom stereocenters. The molecule has 0 radical (unpaired) electrons. The fraction of sp³-hybridized carbons (Fsp3) is 0.400. The van der Waals surface area contributed by atoms with Crippen LogP contribution in [0.25, 0.3) is 0 Å². The standard InChI is InChI=1S/C20H20O6/c1-22-17-6-11(2-4-15(17)21)19-13-8-24-20(14(13)9-23-19)12-3-5-16-18(7-12)26-10-25-16/h2-7,13-14,19-21H,8-10H2,1H3/t13-,14+,19-,20-/m1/s1. The molecule has 6 heteroatoms. The van der Waals surface area contributed by atoms with Gasteiger partial charge in [0.15, 0.2) is 23.0 Å². The highest BCUT2D eigenvalue weighted by atomic mass is 16.7. The van der Waals surface area contributed by atoms with Gasteiger partial charge in [0.05, 0.1) is 32.5 Å². The average molecular weight is 356 g/mol. The van der Waals surface area contributed by atoms with Crippen LogP contribution >= 0.6 is 0 Å². The number of hydrogen-bond acceptors (Lipinski definition) is 6. The largest absolute Gasteiger partial charge is 0.504 e. The SMILES string of the molecule is COc1cc([C@H]2OC[C@H]3[C@H]2CO[C@@H]3c2ccc3c(c2)OCO3)ccc1O. The number of hydrogen-bond donors (Lipinski definition) is 1. The van der Waals surface area contributed by atoms with E-state index in [1.54, 1.807) is 13.2 Å². The molecule has 6 nitrogen and oxygen atoms in total. The van der Waals surface area contributed by atoms with Gasteiger partial charge in [0.2, 0.25) is 6.79 Å². The normalized spacial score (nSPS) is 29.0. The van der Waals surface area contributed by atoms with Crippen LogP contribution in [0, 0.1) is 11.8 Å². The van der Waals surface area contributed by atoms with Crippen LogP contribution in [0.15, 0.2) is 36.4 Å². The van der Waals surface area contributed by atoms with Gasteiger partial charge in [-0.15, -0.1) is 0 Å². The molecule has 26 heavy (non-hydrogen) atoms. The Balaban J connectivity index is 1.40. The lowest BCUT2D eigenvalue weighted by atomic mass is 9.85. The van der Waals surface area contributed by atoms with Gasteiger partial charge < -0.3 is 28.8 Å². The summed E-state index contributed by atoms with van der Waals surface area (Å²) < 4.78 is 28.4.